The van der Waals surface area contributed by atoms with E-state index in [1.54, 1.807) is 25.1 Å². The Bertz CT molecular complexity index is 796. The number of nitrogens with one attached hydrogen (secondary N) is 2. The maximum absolute atomic E-state index is 12.1. The van der Waals surface area contributed by atoms with Gasteiger partial charge in [0.15, 0.2) is 0 Å². The number of amides is 1. The van der Waals surface area contributed by atoms with Crippen LogP contribution in [-0.2, 0) is 10.3 Å². The van der Waals surface area contributed by atoms with Crippen molar-refractivity contribution in [3.63, 3.8) is 0 Å². The van der Waals surface area contributed by atoms with Crippen LogP contribution < -0.4 is 10.6 Å². The molecule has 1 amide bonds. The highest BCUT2D eigenvalue weighted by Crippen LogP contribution is 2.24. The van der Waals surface area contributed by atoms with Gasteiger partial charge in [0, 0.05) is 19.0 Å². The second-order valence-corrected chi connectivity index (χ2v) is 6.04. The Morgan fingerprint density at radius 3 is 2.62 bits per heavy atom. The molecular weight excluding hydrogens is 338 g/mol. The second-order valence-electron chi connectivity index (χ2n) is 6.04. The molecule has 0 aliphatic carbocycles. The lowest BCUT2D eigenvalue weighted by atomic mass is 9.92. The Morgan fingerprint density at radius 2 is 1.96 bits per heavy atom. The molecule has 8 nitrogen and oxygen atoms in total. The van der Waals surface area contributed by atoms with E-state index in [9.17, 15) is 25.1 Å². The highest BCUT2D eigenvalue weighted by molar-refractivity contribution is 5.93. The summed E-state index contributed by atoms with van der Waals surface area (Å²) in [6.07, 6.45) is 0.0560. The van der Waals surface area contributed by atoms with E-state index in [-0.39, 0.29) is 42.6 Å². The molecule has 8 heteroatoms. The van der Waals surface area contributed by atoms with Gasteiger partial charge in [0.05, 0.1) is 17.1 Å². The number of carbonyl (C=O) groups excluding carboxylic acids is 1. The van der Waals surface area contributed by atoms with Gasteiger partial charge in [0.1, 0.15) is 11.4 Å². The monoisotopic (exact) mass is 359 g/mol. The summed E-state index contributed by atoms with van der Waals surface area (Å²) in [5, 5.41) is 35.9. The van der Waals surface area contributed by atoms with Crippen molar-refractivity contribution in [2.75, 3.05) is 18.5 Å². The number of rotatable bonds is 8. The van der Waals surface area contributed by atoms with Crippen LogP contribution >= 0.6 is 0 Å². The standard InChI is InChI=1S/C18H21N3O5/c1-18(12-22,13-5-4-6-14(23)11-13)19-10-9-17(24)20-15-7-2-3-8-16(15)21(25)26/h2-8,11,19,22-23H,9-10,12H2,1H3,(H,20,24). The van der Waals surface area contributed by atoms with Crippen LogP contribution in [0, 0.1) is 10.1 Å². The molecule has 4 N–H and O–H groups in total. The second kappa shape index (κ2) is 8.41. The molecule has 26 heavy (non-hydrogen) atoms. The maximum Gasteiger partial charge on any atom is 0.292 e. The number of phenols is 1. The van der Waals surface area contributed by atoms with E-state index in [0.717, 1.165) is 0 Å². The van der Waals surface area contributed by atoms with Crippen LogP contribution in [0.2, 0.25) is 0 Å². The highest BCUT2D eigenvalue weighted by atomic mass is 16.6. The van der Waals surface area contributed by atoms with E-state index >= 15 is 0 Å². The maximum atomic E-state index is 12.1. The Morgan fingerprint density at radius 1 is 1.23 bits per heavy atom. The molecule has 0 radical (unpaired) electrons. The number of aromatic hydroxyl groups is 1. The molecular formula is C18H21N3O5. The third kappa shape index (κ3) is 4.78. The number of hydrogen-bond donors (Lipinski definition) is 4. The van der Waals surface area contributed by atoms with E-state index in [4.69, 9.17) is 0 Å². The van der Waals surface area contributed by atoms with Crippen molar-refractivity contribution in [3.8, 4) is 5.75 Å². The Labute approximate surface area is 150 Å². The third-order valence-electron chi connectivity index (χ3n) is 4.04. The SMILES string of the molecule is CC(CO)(NCCC(=O)Nc1ccccc1[N+](=O)[O-])c1cccc(O)c1. The molecule has 0 aliphatic heterocycles. The Balaban J connectivity index is 1.96. The molecule has 0 heterocycles. The van der Waals surface area contributed by atoms with Gasteiger partial charge in [-0.05, 0) is 30.7 Å². The largest absolute Gasteiger partial charge is 0.508 e. The van der Waals surface area contributed by atoms with Crippen molar-refractivity contribution in [2.24, 2.45) is 0 Å². The number of nitro groups is 1. The van der Waals surface area contributed by atoms with E-state index in [0.29, 0.717) is 5.56 Å². The number of phenolic OH excluding ortho intramolecular Hbond substituents is 1. The fourth-order valence-electron chi connectivity index (χ4n) is 2.50. The molecule has 2 aromatic rings. The molecule has 0 aromatic heterocycles. The predicted octanol–water partition coefficient (Wildman–Crippen LogP) is 2.13. The van der Waals surface area contributed by atoms with E-state index in [2.05, 4.69) is 10.6 Å². The number of benzene rings is 2. The summed E-state index contributed by atoms with van der Waals surface area (Å²) < 4.78 is 0. The number of carbonyl (C=O) groups is 1. The van der Waals surface area contributed by atoms with Gasteiger partial charge in [0.25, 0.3) is 5.69 Å². The smallest absolute Gasteiger partial charge is 0.292 e. The molecule has 2 rings (SSSR count). The van der Waals surface area contributed by atoms with Gasteiger partial charge in [-0.2, -0.15) is 0 Å². The molecule has 1 atom stereocenters. The summed E-state index contributed by atoms with van der Waals surface area (Å²) in [6, 6.07) is 12.4. The lowest BCUT2D eigenvalue weighted by molar-refractivity contribution is -0.383. The predicted molar refractivity (Wildman–Crippen MR) is 96.9 cm³/mol. The van der Waals surface area contributed by atoms with Crippen LogP contribution in [-0.4, -0.2) is 34.2 Å². The molecule has 0 saturated heterocycles. The van der Waals surface area contributed by atoms with Crippen LogP contribution in [0.5, 0.6) is 5.75 Å². The molecule has 1 unspecified atom stereocenters. The molecule has 2 aromatic carbocycles. The number of aliphatic hydroxyl groups is 1. The number of anilines is 1. The van der Waals surface area contributed by atoms with Crippen LogP contribution in [0.25, 0.3) is 0 Å². The number of hydrogen-bond acceptors (Lipinski definition) is 6. The van der Waals surface area contributed by atoms with Crippen LogP contribution in [0.1, 0.15) is 18.9 Å². The topological polar surface area (TPSA) is 125 Å². The van der Waals surface area contributed by atoms with Gasteiger partial charge >= 0.3 is 0 Å². The number of nitrogens with zero attached hydrogens (tertiary/aromatic N) is 1. The lowest BCUT2D eigenvalue weighted by Crippen LogP contribution is -2.44. The van der Waals surface area contributed by atoms with Gasteiger partial charge in [-0.3, -0.25) is 14.9 Å². The summed E-state index contributed by atoms with van der Waals surface area (Å²) in [5.41, 5.74) is -0.189. The van der Waals surface area contributed by atoms with Gasteiger partial charge in [-0.1, -0.05) is 24.3 Å². The molecule has 0 aliphatic rings. The van der Waals surface area contributed by atoms with E-state index < -0.39 is 10.5 Å². The number of aliphatic hydroxyl groups excluding tert-OH is 1. The fourth-order valence-corrected chi connectivity index (χ4v) is 2.50. The Hall–Kier alpha value is -2.97. The number of para-hydroxylation sites is 2. The van der Waals surface area contributed by atoms with Crippen molar-refractivity contribution >= 4 is 17.3 Å². The van der Waals surface area contributed by atoms with Gasteiger partial charge in [0.2, 0.25) is 5.91 Å². The molecule has 0 fully saturated rings. The van der Waals surface area contributed by atoms with Crippen molar-refractivity contribution in [2.45, 2.75) is 18.9 Å². The normalized spacial score (nSPS) is 13.0. The summed E-state index contributed by atoms with van der Waals surface area (Å²) in [5.74, 6) is -0.305. The summed E-state index contributed by atoms with van der Waals surface area (Å²) in [7, 11) is 0. The first-order valence-electron chi connectivity index (χ1n) is 8.04. The minimum Gasteiger partial charge on any atom is -0.508 e. The lowest BCUT2D eigenvalue weighted by Gasteiger charge is -2.29. The van der Waals surface area contributed by atoms with Crippen LogP contribution in [0.3, 0.4) is 0 Å². The van der Waals surface area contributed by atoms with Crippen molar-refractivity contribution < 1.29 is 19.9 Å². The number of nitro benzene ring substituents is 1. The first-order valence-corrected chi connectivity index (χ1v) is 8.04. The highest BCUT2D eigenvalue weighted by Gasteiger charge is 2.25. The van der Waals surface area contributed by atoms with Crippen LogP contribution in [0.4, 0.5) is 11.4 Å². The summed E-state index contributed by atoms with van der Waals surface area (Å²) in [6.45, 7) is 1.75. The molecule has 138 valence electrons. The van der Waals surface area contributed by atoms with Crippen molar-refractivity contribution in [3.05, 3.63) is 64.2 Å². The van der Waals surface area contributed by atoms with E-state index in [1.165, 1.54) is 30.3 Å². The van der Waals surface area contributed by atoms with Crippen LogP contribution in [0.15, 0.2) is 48.5 Å². The summed E-state index contributed by atoms with van der Waals surface area (Å²) >= 11 is 0. The van der Waals surface area contributed by atoms with Gasteiger partial charge in [-0.15, -0.1) is 0 Å². The van der Waals surface area contributed by atoms with Crippen molar-refractivity contribution in [1.82, 2.24) is 5.32 Å². The quantitative estimate of drug-likeness (QED) is 0.423. The van der Waals surface area contributed by atoms with Gasteiger partial charge in [-0.25, -0.2) is 0 Å². The molecule has 0 bridgehead atoms. The fraction of sp³-hybridized carbons (Fsp3) is 0.278. The minimum atomic E-state index is -0.836. The minimum absolute atomic E-state index is 0.0560. The summed E-state index contributed by atoms with van der Waals surface area (Å²) in [4.78, 5) is 22.5. The zero-order valence-corrected chi connectivity index (χ0v) is 14.3. The van der Waals surface area contributed by atoms with Crippen molar-refractivity contribution in [1.29, 1.82) is 0 Å². The van der Waals surface area contributed by atoms with E-state index in [1.807, 2.05) is 0 Å². The zero-order chi connectivity index (χ0) is 19.2. The Kier molecular flexibility index (Phi) is 6.26. The first-order chi connectivity index (χ1) is 12.4. The van der Waals surface area contributed by atoms with Gasteiger partial charge < -0.3 is 20.8 Å². The molecule has 0 saturated carbocycles. The average molecular weight is 359 g/mol. The third-order valence-corrected chi connectivity index (χ3v) is 4.04. The first kappa shape index (κ1) is 19.4. The molecule has 0 spiro atoms. The zero-order valence-electron chi connectivity index (χ0n) is 14.3. The average Bonchev–Trinajstić information content (AvgIpc) is 2.61.